The summed E-state index contributed by atoms with van der Waals surface area (Å²) in [6, 6.07) is 7.97. The molecule has 1 saturated carbocycles. The van der Waals surface area contributed by atoms with Gasteiger partial charge in [-0.25, -0.2) is 0 Å². The molecule has 0 bridgehead atoms. The van der Waals surface area contributed by atoms with Crippen molar-refractivity contribution < 1.29 is 19.1 Å². The maximum absolute atomic E-state index is 13.2. The first-order chi connectivity index (χ1) is 12.6. The highest BCUT2D eigenvalue weighted by atomic mass is 16.5. The standard InChI is InChI=1S/C20H26N2O4/c1-26-18(23)10-12-21-19(24)15-7-3-4-8-16(15)20(25)22-13-11-14-6-2-5-9-17(14)22/h2,5-6,9,15-16H,3-4,7-8,10-13H2,1H3,(H,21,24). The van der Waals surface area contributed by atoms with Crippen LogP contribution in [-0.2, 0) is 25.5 Å². The van der Waals surface area contributed by atoms with Crippen LogP contribution in [0.15, 0.2) is 24.3 Å². The number of nitrogens with one attached hydrogen (secondary N) is 1. The molecule has 140 valence electrons. The van der Waals surface area contributed by atoms with Crippen molar-refractivity contribution in [2.24, 2.45) is 11.8 Å². The molecule has 0 saturated heterocycles. The predicted octanol–water partition coefficient (Wildman–Crippen LogP) is 2.06. The molecule has 1 aliphatic heterocycles. The number of esters is 1. The molecule has 2 unspecified atom stereocenters. The Bertz CT molecular complexity index is 688. The number of anilines is 1. The number of hydrogen-bond donors (Lipinski definition) is 1. The van der Waals surface area contributed by atoms with Gasteiger partial charge >= 0.3 is 5.97 Å². The van der Waals surface area contributed by atoms with E-state index in [1.807, 2.05) is 23.1 Å². The van der Waals surface area contributed by atoms with E-state index in [9.17, 15) is 14.4 Å². The van der Waals surface area contributed by atoms with Crippen LogP contribution in [0.5, 0.6) is 0 Å². The molecule has 6 heteroatoms. The van der Waals surface area contributed by atoms with Gasteiger partial charge in [0.25, 0.3) is 0 Å². The molecular formula is C20H26N2O4. The zero-order valence-electron chi connectivity index (χ0n) is 15.2. The van der Waals surface area contributed by atoms with Crippen molar-refractivity contribution in [2.45, 2.75) is 38.5 Å². The Balaban J connectivity index is 1.66. The fourth-order valence-electron chi connectivity index (χ4n) is 4.03. The van der Waals surface area contributed by atoms with Gasteiger partial charge in [-0.2, -0.15) is 0 Å². The van der Waals surface area contributed by atoms with Gasteiger partial charge in [0.05, 0.1) is 19.4 Å². The minimum absolute atomic E-state index is 0.0581. The number of ether oxygens (including phenoxy) is 1. The molecule has 1 aliphatic carbocycles. The number of benzene rings is 1. The van der Waals surface area contributed by atoms with Crippen molar-refractivity contribution in [3.63, 3.8) is 0 Å². The van der Waals surface area contributed by atoms with Crippen molar-refractivity contribution >= 4 is 23.5 Å². The average molecular weight is 358 g/mol. The van der Waals surface area contributed by atoms with Gasteiger partial charge in [-0.1, -0.05) is 31.0 Å². The second kappa shape index (κ2) is 8.34. The van der Waals surface area contributed by atoms with Crippen molar-refractivity contribution in [1.29, 1.82) is 0 Å². The first-order valence-corrected chi connectivity index (χ1v) is 9.35. The predicted molar refractivity (Wildman–Crippen MR) is 97.6 cm³/mol. The molecule has 1 N–H and O–H groups in total. The summed E-state index contributed by atoms with van der Waals surface area (Å²) in [5.41, 5.74) is 2.17. The van der Waals surface area contributed by atoms with Crippen molar-refractivity contribution in [2.75, 3.05) is 25.1 Å². The van der Waals surface area contributed by atoms with E-state index in [0.717, 1.165) is 37.8 Å². The third kappa shape index (κ3) is 3.89. The molecule has 1 heterocycles. The quantitative estimate of drug-likeness (QED) is 0.818. The van der Waals surface area contributed by atoms with Gasteiger partial charge < -0.3 is 15.0 Å². The lowest BCUT2D eigenvalue weighted by Crippen LogP contribution is -2.45. The number of rotatable bonds is 5. The fraction of sp³-hybridized carbons (Fsp3) is 0.550. The first-order valence-electron chi connectivity index (χ1n) is 9.35. The molecule has 0 aromatic heterocycles. The van der Waals surface area contributed by atoms with E-state index in [1.54, 1.807) is 0 Å². The Labute approximate surface area is 153 Å². The summed E-state index contributed by atoms with van der Waals surface area (Å²) < 4.78 is 4.59. The summed E-state index contributed by atoms with van der Waals surface area (Å²) in [7, 11) is 1.33. The van der Waals surface area contributed by atoms with Gasteiger partial charge in [0, 0.05) is 24.7 Å². The van der Waals surface area contributed by atoms with Crippen molar-refractivity contribution in [1.82, 2.24) is 5.32 Å². The van der Waals surface area contributed by atoms with Crippen LogP contribution in [0, 0.1) is 11.8 Å². The van der Waals surface area contributed by atoms with Crippen molar-refractivity contribution in [3.05, 3.63) is 29.8 Å². The van der Waals surface area contributed by atoms with Crippen LogP contribution in [0.1, 0.15) is 37.7 Å². The van der Waals surface area contributed by atoms with E-state index in [-0.39, 0.29) is 42.6 Å². The summed E-state index contributed by atoms with van der Waals surface area (Å²) in [5.74, 6) is -1.02. The zero-order chi connectivity index (χ0) is 18.5. The highest BCUT2D eigenvalue weighted by Gasteiger charge is 2.39. The number of amides is 2. The molecule has 1 aromatic rings. The SMILES string of the molecule is COC(=O)CCNC(=O)C1CCCCC1C(=O)N1CCc2ccccc21. The lowest BCUT2D eigenvalue weighted by atomic mass is 9.77. The molecule has 0 spiro atoms. The minimum Gasteiger partial charge on any atom is -0.469 e. The van der Waals surface area contributed by atoms with E-state index in [0.29, 0.717) is 6.54 Å². The van der Waals surface area contributed by atoms with Crippen molar-refractivity contribution in [3.8, 4) is 0 Å². The molecule has 1 fully saturated rings. The maximum Gasteiger partial charge on any atom is 0.307 e. The second-order valence-electron chi connectivity index (χ2n) is 6.98. The van der Waals surface area contributed by atoms with Gasteiger partial charge in [0.2, 0.25) is 11.8 Å². The number of carbonyl (C=O) groups excluding carboxylic acids is 3. The number of nitrogens with zero attached hydrogens (tertiary/aromatic N) is 1. The summed E-state index contributed by atoms with van der Waals surface area (Å²) in [6.45, 7) is 0.931. The highest BCUT2D eigenvalue weighted by molar-refractivity contribution is 5.99. The monoisotopic (exact) mass is 358 g/mol. The second-order valence-corrected chi connectivity index (χ2v) is 6.98. The summed E-state index contributed by atoms with van der Waals surface area (Å²) in [5, 5.41) is 2.80. The van der Waals surface area contributed by atoms with Gasteiger partial charge in [-0.05, 0) is 30.9 Å². The minimum atomic E-state index is -0.352. The Morgan fingerprint density at radius 1 is 1.15 bits per heavy atom. The van der Waals surface area contributed by atoms with Crippen LogP contribution < -0.4 is 10.2 Å². The summed E-state index contributed by atoms with van der Waals surface area (Å²) in [4.78, 5) is 38.8. The molecule has 3 rings (SSSR count). The molecule has 2 aliphatic rings. The lowest BCUT2D eigenvalue weighted by Gasteiger charge is -2.32. The largest absolute Gasteiger partial charge is 0.469 e. The fourth-order valence-corrected chi connectivity index (χ4v) is 4.03. The van der Waals surface area contributed by atoms with Crippen LogP contribution in [-0.4, -0.2) is 38.0 Å². The van der Waals surface area contributed by atoms with Crippen LogP contribution in [0.4, 0.5) is 5.69 Å². The van der Waals surface area contributed by atoms with Gasteiger partial charge in [0.1, 0.15) is 0 Å². The van der Waals surface area contributed by atoms with E-state index in [1.165, 1.54) is 12.7 Å². The maximum atomic E-state index is 13.2. The van der Waals surface area contributed by atoms with Gasteiger partial charge in [-0.3, -0.25) is 14.4 Å². The number of methoxy groups -OCH3 is 1. The molecule has 0 radical (unpaired) electrons. The van der Waals surface area contributed by atoms with E-state index >= 15 is 0 Å². The van der Waals surface area contributed by atoms with E-state index in [2.05, 4.69) is 16.1 Å². The van der Waals surface area contributed by atoms with E-state index in [4.69, 9.17) is 0 Å². The number of fused-ring (bicyclic) bond motifs is 1. The van der Waals surface area contributed by atoms with Crippen LogP contribution >= 0.6 is 0 Å². The Morgan fingerprint density at radius 3 is 2.65 bits per heavy atom. The molecule has 2 amide bonds. The number of hydrogen-bond acceptors (Lipinski definition) is 4. The number of para-hydroxylation sites is 1. The smallest absolute Gasteiger partial charge is 0.307 e. The van der Waals surface area contributed by atoms with Crippen LogP contribution in [0.2, 0.25) is 0 Å². The number of carbonyl (C=O) groups is 3. The van der Waals surface area contributed by atoms with E-state index < -0.39 is 0 Å². The molecule has 6 nitrogen and oxygen atoms in total. The highest BCUT2D eigenvalue weighted by Crippen LogP contribution is 2.35. The van der Waals surface area contributed by atoms with Crippen LogP contribution in [0.3, 0.4) is 0 Å². The third-order valence-corrected chi connectivity index (χ3v) is 5.43. The lowest BCUT2D eigenvalue weighted by molar-refractivity contribution is -0.141. The Morgan fingerprint density at radius 2 is 1.88 bits per heavy atom. The Kier molecular flexibility index (Phi) is 5.91. The van der Waals surface area contributed by atoms with Gasteiger partial charge in [0.15, 0.2) is 0 Å². The first kappa shape index (κ1) is 18.4. The van der Waals surface area contributed by atoms with Crippen LogP contribution in [0.25, 0.3) is 0 Å². The third-order valence-electron chi connectivity index (χ3n) is 5.43. The summed E-state index contributed by atoms with van der Waals surface area (Å²) in [6.07, 6.45) is 4.40. The molecule has 26 heavy (non-hydrogen) atoms. The zero-order valence-corrected chi connectivity index (χ0v) is 15.2. The average Bonchev–Trinajstić information content (AvgIpc) is 3.11. The molecular weight excluding hydrogens is 332 g/mol. The molecule has 1 aromatic carbocycles. The van der Waals surface area contributed by atoms with Gasteiger partial charge in [-0.15, -0.1) is 0 Å². The molecule has 2 atom stereocenters. The normalized spacial score (nSPS) is 21.8. The summed E-state index contributed by atoms with van der Waals surface area (Å²) >= 11 is 0. The topological polar surface area (TPSA) is 75.7 Å². The Hall–Kier alpha value is -2.37.